The van der Waals surface area contributed by atoms with E-state index in [9.17, 15) is 4.39 Å². The Balaban J connectivity index is 1.51. The number of nitrogens with one attached hydrogen (secondary N) is 2. The largest absolute Gasteiger partial charge is 0.336 e. The number of H-pyrrole nitrogens is 2. The molecule has 6 rings (SSSR count). The van der Waals surface area contributed by atoms with Crippen molar-refractivity contribution in [2.75, 3.05) is 0 Å². The highest BCUT2D eigenvalue weighted by Gasteiger charge is 2.17. The highest BCUT2D eigenvalue weighted by Crippen LogP contribution is 2.32. The number of nitrogens with zero attached hydrogens (tertiary/aromatic N) is 5. The van der Waals surface area contributed by atoms with E-state index >= 15 is 0 Å². The summed E-state index contributed by atoms with van der Waals surface area (Å²) in [7, 11) is 1.87. The van der Waals surface area contributed by atoms with Crippen LogP contribution in [0.25, 0.3) is 56.0 Å². The molecule has 0 spiro atoms. The standard InChI is InChI=1S/C23H16FN7/c1-31-12-14(11-25-31)17-8-9-19-21(26-17)22(30-29-19)23-27-18-7-3-6-16(20(18)28-23)13-4-2-5-15(24)10-13/h2-12H,1H3,(H,27,28)(H,29,30). The fourth-order valence-electron chi connectivity index (χ4n) is 3.81. The number of pyridine rings is 1. The van der Waals surface area contributed by atoms with Gasteiger partial charge in [-0.2, -0.15) is 10.2 Å². The summed E-state index contributed by atoms with van der Waals surface area (Å²) in [6.07, 6.45) is 3.70. The molecule has 0 aliphatic heterocycles. The van der Waals surface area contributed by atoms with Gasteiger partial charge in [-0.25, -0.2) is 14.4 Å². The van der Waals surface area contributed by atoms with Gasteiger partial charge in [0.15, 0.2) is 11.5 Å². The molecule has 8 heteroatoms. The second-order valence-electron chi connectivity index (χ2n) is 7.37. The molecule has 0 aliphatic rings. The number of benzene rings is 2. The van der Waals surface area contributed by atoms with Gasteiger partial charge in [0, 0.05) is 24.4 Å². The lowest BCUT2D eigenvalue weighted by molar-refractivity contribution is 0.628. The van der Waals surface area contributed by atoms with Crippen LogP contribution in [-0.2, 0) is 7.05 Å². The Bertz CT molecular complexity index is 1570. The van der Waals surface area contributed by atoms with Crippen LogP contribution in [0.4, 0.5) is 4.39 Å². The number of aromatic nitrogens is 7. The molecule has 0 saturated carbocycles. The second kappa shape index (κ2) is 6.60. The maximum atomic E-state index is 13.8. The van der Waals surface area contributed by atoms with Gasteiger partial charge in [-0.3, -0.25) is 9.78 Å². The quantitative estimate of drug-likeness (QED) is 0.443. The summed E-state index contributed by atoms with van der Waals surface area (Å²) in [6.45, 7) is 0. The van der Waals surface area contributed by atoms with Crippen LogP contribution in [0.15, 0.2) is 67.0 Å². The van der Waals surface area contributed by atoms with Gasteiger partial charge in [0.25, 0.3) is 0 Å². The van der Waals surface area contributed by atoms with Crippen molar-refractivity contribution in [1.29, 1.82) is 0 Å². The number of imidazole rings is 1. The minimum Gasteiger partial charge on any atom is -0.336 e. The van der Waals surface area contributed by atoms with E-state index in [1.165, 1.54) is 12.1 Å². The van der Waals surface area contributed by atoms with E-state index in [0.29, 0.717) is 17.0 Å². The van der Waals surface area contributed by atoms with Gasteiger partial charge in [-0.1, -0.05) is 24.3 Å². The van der Waals surface area contributed by atoms with Gasteiger partial charge in [-0.15, -0.1) is 0 Å². The number of rotatable bonds is 3. The van der Waals surface area contributed by atoms with Crippen molar-refractivity contribution in [3.63, 3.8) is 0 Å². The first-order chi connectivity index (χ1) is 15.2. The molecule has 4 aromatic heterocycles. The second-order valence-corrected chi connectivity index (χ2v) is 7.37. The van der Waals surface area contributed by atoms with Crippen LogP contribution in [0.1, 0.15) is 0 Å². The van der Waals surface area contributed by atoms with E-state index in [0.717, 1.165) is 38.9 Å². The smallest absolute Gasteiger partial charge is 0.161 e. The van der Waals surface area contributed by atoms with Crippen LogP contribution in [-0.4, -0.2) is 34.9 Å². The van der Waals surface area contributed by atoms with Crippen molar-refractivity contribution >= 4 is 22.1 Å². The van der Waals surface area contributed by atoms with Crippen LogP contribution < -0.4 is 0 Å². The molecule has 6 aromatic rings. The van der Waals surface area contributed by atoms with Crippen molar-refractivity contribution in [3.8, 4) is 33.9 Å². The third kappa shape index (κ3) is 2.88. The average Bonchev–Trinajstić information content (AvgIpc) is 3.50. The van der Waals surface area contributed by atoms with Crippen molar-refractivity contribution in [2.45, 2.75) is 0 Å². The monoisotopic (exact) mass is 409 g/mol. The fourth-order valence-corrected chi connectivity index (χ4v) is 3.81. The topological polar surface area (TPSA) is 88.1 Å². The molecule has 0 unspecified atom stereocenters. The maximum Gasteiger partial charge on any atom is 0.161 e. The third-order valence-corrected chi connectivity index (χ3v) is 5.28. The molecular formula is C23H16FN7. The number of aryl methyl sites for hydroxylation is 1. The zero-order valence-electron chi connectivity index (χ0n) is 16.5. The van der Waals surface area contributed by atoms with E-state index in [1.807, 2.05) is 49.6 Å². The normalized spacial score (nSPS) is 11.5. The summed E-state index contributed by atoms with van der Waals surface area (Å²) in [4.78, 5) is 12.9. The minimum atomic E-state index is -0.282. The van der Waals surface area contributed by atoms with E-state index in [-0.39, 0.29) is 5.82 Å². The zero-order valence-corrected chi connectivity index (χ0v) is 16.5. The molecule has 0 amide bonds. The Morgan fingerprint density at radius 3 is 2.65 bits per heavy atom. The van der Waals surface area contributed by atoms with Gasteiger partial charge >= 0.3 is 0 Å². The molecule has 7 nitrogen and oxygen atoms in total. The van der Waals surface area contributed by atoms with Crippen LogP contribution in [0, 0.1) is 5.82 Å². The molecule has 0 radical (unpaired) electrons. The average molecular weight is 409 g/mol. The predicted octanol–water partition coefficient (Wildman–Crippen LogP) is 4.71. The lowest BCUT2D eigenvalue weighted by Gasteiger charge is -2.02. The van der Waals surface area contributed by atoms with Gasteiger partial charge in [0.2, 0.25) is 0 Å². The summed E-state index contributed by atoms with van der Waals surface area (Å²) < 4.78 is 15.5. The molecule has 0 bridgehead atoms. The Hall–Kier alpha value is -4.33. The fraction of sp³-hybridized carbons (Fsp3) is 0.0435. The van der Waals surface area contributed by atoms with Gasteiger partial charge < -0.3 is 4.98 Å². The number of aromatic amines is 2. The minimum absolute atomic E-state index is 0.282. The number of fused-ring (bicyclic) bond motifs is 2. The lowest BCUT2D eigenvalue weighted by Crippen LogP contribution is -1.87. The summed E-state index contributed by atoms with van der Waals surface area (Å²) in [5.74, 6) is 0.316. The third-order valence-electron chi connectivity index (χ3n) is 5.28. The van der Waals surface area contributed by atoms with Crippen LogP contribution in [0.3, 0.4) is 0 Å². The van der Waals surface area contributed by atoms with Crippen LogP contribution in [0.5, 0.6) is 0 Å². The SMILES string of the molecule is Cn1cc(-c2ccc3[nH]nc(-c4nc5c(-c6cccc(F)c6)cccc5[nH]4)c3n2)cn1. The molecule has 0 atom stereocenters. The number of hydrogen-bond acceptors (Lipinski definition) is 4. The van der Waals surface area contributed by atoms with Crippen molar-refractivity contribution in [3.05, 3.63) is 72.8 Å². The highest BCUT2D eigenvalue weighted by atomic mass is 19.1. The zero-order chi connectivity index (χ0) is 20.9. The molecule has 2 aromatic carbocycles. The first kappa shape index (κ1) is 17.5. The highest BCUT2D eigenvalue weighted by molar-refractivity contribution is 5.96. The van der Waals surface area contributed by atoms with Crippen molar-refractivity contribution in [1.82, 2.24) is 34.9 Å². The first-order valence-corrected chi connectivity index (χ1v) is 9.75. The maximum absolute atomic E-state index is 13.8. The summed E-state index contributed by atoms with van der Waals surface area (Å²) >= 11 is 0. The van der Waals surface area contributed by atoms with E-state index in [1.54, 1.807) is 16.9 Å². The summed E-state index contributed by atoms with van der Waals surface area (Å²) in [5, 5.41) is 11.7. The lowest BCUT2D eigenvalue weighted by atomic mass is 10.0. The summed E-state index contributed by atoms with van der Waals surface area (Å²) in [6, 6.07) is 16.2. The van der Waals surface area contributed by atoms with Crippen LogP contribution >= 0.6 is 0 Å². The predicted molar refractivity (Wildman–Crippen MR) is 117 cm³/mol. The molecule has 4 heterocycles. The molecule has 0 fully saturated rings. The Morgan fingerprint density at radius 1 is 0.903 bits per heavy atom. The Kier molecular flexibility index (Phi) is 3.73. The molecule has 0 aliphatic carbocycles. The molecule has 0 saturated heterocycles. The van der Waals surface area contributed by atoms with Gasteiger partial charge in [0.05, 0.1) is 28.4 Å². The molecular weight excluding hydrogens is 393 g/mol. The van der Waals surface area contributed by atoms with E-state index in [2.05, 4.69) is 20.3 Å². The van der Waals surface area contributed by atoms with Crippen LogP contribution in [0.2, 0.25) is 0 Å². The number of halogens is 1. The molecule has 2 N–H and O–H groups in total. The molecule has 31 heavy (non-hydrogen) atoms. The first-order valence-electron chi connectivity index (χ1n) is 9.75. The molecule has 150 valence electrons. The number of para-hydroxylation sites is 1. The summed E-state index contributed by atoms with van der Waals surface area (Å²) in [5.41, 5.74) is 7.10. The Morgan fingerprint density at radius 2 is 1.81 bits per heavy atom. The van der Waals surface area contributed by atoms with Gasteiger partial charge in [0.1, 0.15) is 11.3 Å². The van der Waals surface area contributed by atoms with Crippen molar-refractivity contribution < 1.29 is 4.39 Å². The van der Waals surface area contributed by atoms with Gasteiger partial charge in [-0.05, 0) is 35.9 Å². The van der Waals surface area contributed by atoms with Crippen molar-refractivity contribution in [2.24, 2.45) is 7.05 Å². The number of hydrogen-bond donors (Lipinski definition) is 2. The van der Waals surface area contributed by atoms with E-state index in [4.69, 9.17) is 9.97 Å². The van der Waals surface area contributed by atoms with E-state index < -0.39 is 0 Å². The Labute approximate surface area is 175 Å².